The van der Waals surface area contributed by atoms with E-state index in [1.807, 2.05) is 12.5 Å². The summed E-state index contributed by atoms with van der Waals surface area (Å²) in [6.45, 7) is 1.93. The molecule has 0 atom stereocenters. The fourth-order valence-corrected chi connectivity index (χ4v) is 0. The second kappa shape index (κ2) is 18.5. The Morgan fingerprint density at radius 1 is 1.50 bits per heavy atom. The monoisotopic (exact) mass is 108 g/mol. The van der Waals surface area contributed by atoms with Gasteiger partial charge in [-0.3, -0.25) is 0 Å². The Morgan fingerprint density at radius 3 is 1.50 bits per heavy atom. The van der Waals surface area contributed by atoms with Crippen LogP contribution in [-0.2, 0) is 0 Å². The van der Waals surface area contributed by atoms with Crippen molar-refractivity contribution in [3.05, 3.63) is 0 Å². The molecule has 0 aliphatic carbocycles. The van der Waals surface area contributed by atoms with E-state index in [-0.39, 0.29) is 6.61 Å². The van der Waals surface area contributed by atoms with Gasteiger partial charge in [-0.2, -0.15) is 11.8 Å². The third-order valence-corrected chi connectivity index (χ3v) is 0. The molecule has 0 radical (unpaired) electrons. The normalized spacial score (nSPS) is 6.00. The van der Waals surface area contributed by atoms with Crippen LogP contribution >= 0.6 is 11.8 Å². The highest BCUT2D eigenvalue weighted by atomic mass is 32.2. The van der Waals surface area contributed by atoms with Crippen LogP contribution in [0, 0.1) is 0 Å². The highest BCUT2D eigenvalue weighted by Gasteiger charge is 1.34. The first kappa shape index (κ1) is 9.58. The molecule has 0 saturated heterocycles. The molecule has 0 aliphatic heterocycles. The second-order valence-electron chi connectivity index (χ2n) is 0.724. The van der Waals surface area contributed by atoms with Crippen LogP contribution in [0.2, 0.25) is 0 Å². The summed E-state index contributed by atoms with van der Waals surface area (Å²) in [5.41, 5.74) is 0. The first-order valence-corrected chi connectivity index (χ1v) is 3.47. The van der Waals surface area contributed by atoms with Gasteiger partial charge < -0.3 is 5.11 Å². The maximum absolute atomic E-state index is 7.57. The van der Waals surface area contributed by atoms with Crippen LogP contribution in [0.1, 0.15) is 6.92 Å². The number of aliphatic hydroxyl groups excluding tert-OH is 1. The van der Waals surface area contributed by atoms with Gasteiger partial charge in [-0.15, -0.1) is 0 Å². The maximum Gasteiger partial charge on any atom is 0.0402 e. The van der Waals surface area contributed by atoms with Crippen molar-refractivity contribution in [3.63, 3.8) is 0 Å². The highest BCUT2D eigenvalue weighted by Crippen LogP contribution is 1.70. The number of hydrogen-bond donors (Lipinski definition) is 1. The molecule has 1 N–H and O–H groups in total. The van der Waals surface area contributed by atoms with Gasteiger partial charge in [0.15, 0.2) is 0 Å². The lowest BCUT2D eigenvalue weighted by Gasteiger charge is -1.52. The summed E-state index contributed by atoms with van der Waals surface area (Å²) >= 11 is 1.75. The van der Waals surface area contributed by atoms with Gasteiger partial charge in [0, 0.05) is 6.61 Å². The van der Waals surface area contributed by atoms with Crippen molar-refractivity contribution in [3.8, 4) is 0 Å². The van der Waals surface area contributed by atoms with E-state index in [2.05, 4.69) is 0 Å². The van der Waals surface area contributed by atoms with Crippen molar-refractivity contribution in [1.29, 1.82) is 0 Å². The lowest BCUT2D eigenvalue weighted by atomic mass is 10.9. The predicted octanol–water partition coefficient (Wildman–Crippen LogP) is 0.978. The molecule has 2 heteroatoms. The zero-order chi connectivity index (χ0) is 5.41. The fraction of sp³-hybridized carbons (Fsp3) is 1.00. The third kappa shape index (κ3) is 491. The van der Waals surface area contributed by atoms with Crippen molar-refractivity contribution in [1.82, 2.24) is 0 Å². The number of aliphatic hydroxyl groups is 1. The Balaban J connectivity index is 0. The minimum absolute atomic E-state index is 0.250. The molecule has 0 spiro atoms. The van der Waals surface area contributed by atoms with Gasteiger partial charge >= 0.3 is 0 Å². The minimum atomic E-state index is 0.250. The summed E-state index contributed by atoms with van der Waals surface area (Å²) < 4.78 is 0. The molecular weight excluding hydrogens is 96.1 g/mol. The van der Waals surface area contributed by atoms with E-state index in [0.717, 1.165) is 0 Å². The van der Waals surface area contributed by atoms with Crippen LogP contribution in [0.5, 0.6) is 0 Å². The summed E-state index contributed by atoms with van der Waals surface area (Å²) in [6.07, 6.45) is 4.08. The van der Waals surface area contributed by atoms with Crippen molar-refractivity contribution in [2.75, 3.05) is 19.1 Å². The Hall–Kier alpha value is 0.310. The van der Waals surface area contributed by atoms with Gasteiger partial charge in [0.2, 0.25) is 0 Å². The molecule has 0 aromatic heterocycles. The standard InChI is InChI=1S/C2H6O.C2H6S/c1-2-3;1-3-2/h3H,2H2,1H3;1-2H3. The molecule has 0 heterocycles. The van der Waals surface area contributed by atoms with Crippen molar-refractivity contribution >= 4 is 11.8 Å². The molecule has 0 fully saturated rings. The van der Waals surface area contributed by atoms with E-state index in [0.29, 0.717) is 0 Å². The van der Waals surface area contributed by atoms with Gasteiger partial charge in [0.1, 0.15) is 0 Å². The molecule has 0 unspecified atom stereocenters. The molecule has 0 amide bonds. The van der Waals surface area contributed by atoms with Gasteiger partial charge in [0.05, 0.1) is 0 Å². The number of hydrogen-bond acceptors (Lipinski definition) is 2. The zero-order valence-corrected chi connectivity index (χ0v) is 5.38. The van der Waals surface area contributed by atoms with Crippen LogP contribution in [0.4, 0.5) is 0 Å². The maximum atomic E-state index is 7.57. The van der Waals surface area contributed by atoms with E-state index in [1.165, 1.54) is 0 Å². The fourth-order valence-electron chi connectivity index (χ4n) is 0. The van der Waals surface area contributed by atoms with E-state index in [1.54, 1.807) is 18.7 Å². The highest BCUT2D eigenvalue weighted by molar-refractivity contribution is 7.97. The molecule has 0 aliphatic rings. The largest absolute Gasteiger partial charge is 0.397 e. The third-order valence-electron chi connectivity index (χ3n) is 0. The average Bonchev–Trinajstić information content (AvgIpc) is 1.39. The van der Waals surface area contributed by atoms with Gasteiger partial charge in [0.25, 0.3) is 0 Å². The summed E-state index contributed by atoms with van der Waals surface area (Å²) in [7, 11) is 0. The zero-order valence-electron chi connectivity index (χ0n) is 4.56. The van der Waals surface area contributed by atoms with E-state index >= 15 is 0 Å². The molecule has 0 aromatic carbocycles. The molecule has 0 saturated carbocycles. The summed E-state index contributed by atoms with van der Waals surface area (Å²) in [5, 5.41) is 7.57. The lowest BCUT2D eigenvalue weighted by Crippen LogP contribution is -1.57. The summed E-state index contributed by atoms with van der Waals surface area (Å²) in [5.74, 6) is 0. The van der Waals surface area contributed by atoms with Crippen LogP contribution in [-0.4, -0.2) is 24.2 Å². The molecule has 6 heavy (non-hydrogen) atoms. The van der Waals surface area contributed by atoms with Crippen molar-refractivity contribution in [2.45, 2.75) is 6.92 Å². The van der Waals surface area contributed by atoms with Gasteiger partial charge in [-0.05, 0) is 19.4 Å². The Bertz CT molecular complexity index is 9.51. The number of rotatable bonds is 0. The Morgan fingerprint density at radius 2 is 1.50 bits per heavy atom. The SMILES string of the molecule is CCO.CSC. The van der Waals surface area contributed by atoms with E-state index in [9.17, 15) is 0 Å². The van der Waals surface area contributed by atoms with Crippen LogP contribution in [0.3, 0.4) is 0 Å². The first-order valence-electron chi connectivity index (χ1n) is 1.84. The topological polar surface area (TPSA) is 20.2 Å². The lowest BCUT2D eigenvalue weighted by molar-refractivity contribution is 0.318. The predicted molar refractivity (Wildman–Crippen MR) is 32.2 cm³/mol. The molecule has 40 valence electrons. The van der Waals surface area contributed by atoms with E-state index < -0.39 is 0 Å². The molecule has 0 bridgehead atoms. The molecule has 0 aromatic rings. The minimum Gasteiger partial charge on any atom is -0.397 e. The molecular formula is C4H12OS. The van der Waals surface area contributed by atoms with Crippen LogP contribution in [0.15, 0.2) is 0 Å². The summed E-state index contributed by atoms with van der Waals surface area (Å²) in [4.78, 5) is 0. The van der Waals surface area contributed by atoms with Gasteiger partial charge in [-0.1, -0.05) is 0 Å². The Kier molecular flexibility index (Phi) is 29.5. The summed E-state index contributed by atoms with van der Waals surface area (Å²) in [6, 6.07) is 0. The smallest absolute Gasteiger partial charge is 0.0402 e. The second-order valence-corrected chi connectivity index (χ2v) is 1.54. The van der Waals surface area contributed by atoms with Crippen molar-refractivity contribution in [2.24, 2.45) is 0 Å². The first-order chi connectivity index (χ1) is 2.83. The van der Waals surface area contributed by atoms with Crippen LogP contribution in [0.25, 0.3) is 0 Å². The quantitative estimate of drug-likeness (QED) is 0.499. The van der Waals surface area contributed by atoms with Gasteiger partial charge in [-0.25, -0.2) is 0 Å². The Labute approximate surface area is 43.8 Å². The molecule has 1 nitrogen and oxygen atoms in total. The number of thioether (sulfide) groups is 1. The average molecular weight is 108 g/mol. The van der Waals surface area contributed by atoms with Crippen LogP contribution < -0.4 is 0 Å². The van der Waals surface area contributed by atoms with Crippen molar-refractivity contribution < 1.29 is 5.11 Å². The van der Waals surface area contributed by atoms with E-state index in [4.69, 9.17) is 5.11 Å². The molecule has 0 rings (SSSR count).